The summed E-state index contributed by atoms with van der Waals surface area (Å²) in [6, 6.07) is 2.97. The number of hydrogen-bond acceptors (Lipinski definition) is 5. The number of carbonyl (C=O) groups excluding carboxylic acids is 2. The second-order valence-corrected chi connectivity index (χ2v) is 9.05. The first-order valence-corrected chi connectivity index (χ1v) is 10.9. The van der Waals surface area contributed by atoms with Crippen molar-refractivity contribution in [2.45, 2.75) is 57.7 Å². The molecule has 0 unspecified atom stereocenters. The fraction of sp³-hybridized carbons (Fsp3) is 0.458. The first-order chi connectivity index (χ1) is 15.6. The molecule has 0 spiro atoms. The quantitative estimate of drug-likeness (QED) is 0.731. The average Bonchev–Trinajstić information content (AvgIpc) is 2.92. The molecule has 0 bridgehead atoms. The van der Waals surface area contributed by atoms with Crippen LogP contribution in [0.1, 0.15) is 65.4 Å². The lowest BCUT2D eigenvalue weighted by atomic mass is 9.64. The van der Waals surface area contributed by atoms with Crippen LogP contribution in [0.5, 0.6) is 5.75 Å². The Morgan fingerprint density at radius 3 is 2.64 bits per heavy atom. The minimum absolute atomic E-state index is 0.0358. The van der Waals surface area contributed by atoms with Crippen molar-refractivity contribution in [3.05, 3.63) is 63.1 Å². The number of hydrogen-bond donors (Lipinski definition) is 2. The highest BCUT2D eigenvalue weighted by Crippen LogP contribution is 2.49. The van der Waals surface area contributed by atoms with Crippen LogP contribution < -0.4 is 15.5 Å². The number of aliphatic hydroxyl groups is 1. The molecular formula is C24H26F2N2O5. The van der Waals surface area contributed by atoms with E-state index in [1.54, 1.807) is 6.92 Å². The van der Waals surface area contributed by atoms with E-state index in [4.69, 9.17) is 4.74 Å². The van der Waals surface area contributed by atoms with Crippen molar-refractivity contribution in [2.75, 3.05) is 7.11 Å². The van der Waals surface area contributed by atoms with Crippen LogP contribution in [0.15, 0.2) is 29.2 Å². The highest BCUT2D eigenvalue weighted by atomic mass is 19.1. The second kappa shape index (κ2) is 8.37. The average molecular weight is 460 g/mol. The summed E-state index contributed by atoms with van der Waals surface area (Å²) < 4.78 is 33.7. The van der Waals surface area contributed by atoms with E-state index in [-0.39, 0.29) is 41.4 Å². The van der Waals surface area contributed by atoms with Crippen molar-refractivity contribution in [3.63, 3.8) is 0 Å². The number of ketones is 1. The van der Waals surface area contributed by atoms with E-state index in [1.807, 2.05) is 0 Å². The Balaban J connectivity index is 1.72. The van der Waals surface area contributed by atoms with Gasteiger partial charge < -0.3 is 19.7 Å². The predicted molar refractivity (Wildman–Crippen MR) is 115 cm³/mol. The Bertz CT molecular complexity index is 1190. The molecule has 1 aromatic carbocycles. The summed E-state index contributed by atoms with van der Waals surface area (Å²) in [7, 11) is 1.25. The molecule has 2 atom stereocenters. The first kappa shape index (κ1) is 23.1. The third kappa shape index (κ3) is 3.74. The lowest BCUT2D eigenvalue weighted by Crippen LogP contribution is -2.58. The van der Waals surface area contributed by atoms with Gasteiger partial charge in [-0.15, -0.1) is 0 Å². The van der Waals surface area contributed by atoms with E-state index in [0.29, 0.717) is 18.9 Å². The summed E-state index contributed by atoms with van der Waals surface area (Å²) >= 11 is 0. The van der Waals surface area contributed by atoms with Gasteiger partial charge in [0.05, 0.1) is 24.7 Å². The van der Waals surface area contributed by atoms with Crippen LogP contribution in [-0.4, -0.2) is 34.1 Å². The SMILES string of the molecule is COc1c2n(cc(C(=O)NCc3ccc(F)cc3F)c1=O)C[C@@]1(O)CCCCC[C@]1(C)C2=O. The van der Waals surface area contributed by atoms with Crippen molar-refractivity contribution in [1.29, 1.82) is 0 Å². The molecular weight excluding hydrogens is 434 g/mol. The number of amides is 1. The maximum absolute atomic E-state index is 13.9. The van der Waals surface area contributed by atoms with E-state index in [0.717, 1.165) is 25.3 Å². The summed E-state index contributed by atoms with van der Waals surface area (Å²) in [5.41, 5.74) is -3.36. The molecule has 2 aromatic rings. The number of halogens is 2. The molecule has 0 radical (unpaired) electrons. The number of benzene rings is 1. The normalized spacial score (nSPS) is 24.5. The fourth-order valence-corrected chi connectivity index (χ4v) is 4.99. The molecule has 2 aliphatic rings. The molecule has 176 valence electrons. The number of methoxy groups -OCH3 is 1. The molecule has 1 fully saturated rings. The van der Waals surface area contributed by atoms with Gasteiger partial charge in [0.25, 0.3) is 5.91 Å². The van der Waals surface area contributed by atoms with Crippen LogP contribution in [0.2, 0.25) is 0 Å². The molecule has 1 saturated carbocycles. The maximum atomic E-state index is 13.9. The summed E-state index contributed by atoms with van der Waals surface area (Å²) in [6.45, 7) is 1.50. The number of Topliss-reactive ketones (excluding diaryl/α,β-unsaturated/α-hetero) is 1. The van der Waals surface area contributed by atoms with E-state index < -0.39 is 34.0 Å². The van der Waals surface area contributed by atoms with E-state index in [2.05, 4.69) is 5.32 Å². The Hall–Kier alpha value is -3.07. The number of rotatable bonds is 4. The lowest BCUT2D eigenvalue weighted by Gasteiger charge is -2.47. The largest absolute Gasteiger partial charge is 0.491 e. The number of pyridine rings is 1. The van der Waals surface area contributed by atoms with Crippen molar-refractivity contribution in [3.8, 4) is 5.75 Å². The van der Waals surface area contributed by atoms with Gasteiger partial charge in [0.1, 0.15) is 22.9 Å². The highest BCUT2D eigenvalue weighted by molar-refractivity contribution is 6.04. The summed E-state index contributed by atoms with van der Waals surface area (Å²) in [5.74, 6) is -3.00. The Labute approximate surface area is 189 Å². The molecule has 0 saturated heterocycles. The first-order valence-electron chi connectivity index (χ1n) is 10.9. The molecule has 2 heterocycles. The zero-order valence-corrected chi connectivity index (χ0v) is 18.5. The van der Waals surface area contributed by atoms with E-state index in [1.165, 1.54) is 23.9 Å². The van der Waals surface area contributed by atoms with Crippen molar-refractivity contribution in [1.82, 2.24) is 9.88 Å². The maximum Gasteiger partial charge on any atom is 0.257 e. The second-order valence-electron chi connectivity index (χ2n) is 9.05. The van der Waals surface area contributed by atoms with E-state index in [9.17, 15) is 28.3 Å². The van der Waals surface area contributed by atoms with Gasteiger partial charge in [0.15, 0.2) is 11.5 Å². The van der Waals surface area contributed by atoms with Gasteiger partial charge in [0, 0.05) is 24.4 Å². The molecule has 33 heavy (non-hydrogen) atoms. The summed E-state index contributed by atoms with van der Waals surface area (Å²) in [4.78, 5) is 39.4. The van der Waals surface area contributed by atoms with Gasteiger partial charge in [-0.25, -0.2) is 8.78 Å². The van der Waals surface area contributed by atoms with Crippen molar-refractivity contribution >= 4 is 11.7 Å². The fourth-order valence-electron chi connectivity index (χ4n) is 4.99. The molecule has 9 heteroatoms. The number of nitrogens with one attached hydrogen (secondary N) is 1. The zero-order valence-electron chi connectivity index (χ0n) is 18.5. The highest BCUT2D eigenvalue weighted by Gasteiger charge is 2.57. The number of ether oxygens (including phenoxy) is 1. The summed E-state index contributed by atoms with van der Waals surface area (Å²) in [5, 5.41) is 13.9. The van der Waals surface area contributed by atoms with Gasteiger partial charge in [-0.05, 0) is 25.8 Å². The molecule has 4 rings (SSSR count). The van der Waals surface area contributed by atoms with Gasteiger partial charge in [-0.3, -0.25) is 14.4 Å². The number of carbonyl (C=O) groups is 2. The van der Waals surface area contributed by atoms with Crippen molar-refractivity contribution in [2.24, 2.45) is 5.41 Å². The minimum Gasteiger partial charge on any atom is -0.491 e. The van der Waals surface area contributed by atoms with Crippen LogP contribution in [0.25, 0.3) is 0 Å². The molecule has 1 aromatic heterocycles. The standard InChI is InChI=1S/C24H26F2N2O5/c1-23-8-4-3-5-9-24(23,32)13-28-12-16(19(29)20(33-2)18(28)21(23)30)22(31)27-11-14-6-7-15(25)10-17(14)26/h6-7,10,12,32H,3-5,8-9,11,13H2,1-2H3,(H,27,31)/t23-,24+/m1/s1. The van der Waals surface area contributed by atoms with Crippen LogP contribution in [0.3, 0.4) is 0 Å². The van der Waals surface area contributed by atoms with Crippen LogP contribution in [0, 0.1) is 17.0 Å². The van der Waals surface area contributed by atoms with Crippen LogP contribution in [0.4, 0.5) is 8.78 Å². The molecule has 2 N–H and O–H groups in total. The molecule has 7 nitrogen and oxygen atoms in total. The molecule has 1 aliphatic carbocycles. The van der Waals surface area contributed by atoms with Crippen molar-refractivity contribution < 1.29 is 28.2 Å². The predicted octanol–water partition coefficient (Wildman–Crippen LogP) is 2.96. The molecule has 1 amide bonds. The Kier molecular flexibility index (Phi) is 5.86. The summed E-state index contributed by atoms with van der Waals surface area (Å²) in [6.07, 6.45) is 4.61. The smallest absolute Gasteiger partial charge is 0.257 e. The van der Waals surface area contributed by atoms with Crippen LogP contribution >= 0.6 is 0 Å². The minimum atomic E-state index is -1.32. The van der Waals surface area contributed by atoms with Gasteiger partial charge in [-0.2, -0.15) is 0 Å². The topological polar surface area (TPSA) is 97.6 Å². The monoisotopic (exact) mass is 460 g/mol. The lowest BCUT2D eigenvalue weighted by molar-refractivity contribution is -0.0832. The van der Waals surface area contributed by atoms with Gasteiger partial charge in [-0.1, -0.05) is 25.3 Å². The van der Waals surface area contributed by atoms with Gasteiger partial charge >= 0.3 is 0 Å². The number of nitrogens with zero attached hydrogens (tertiary/aromatic N) is 1. The number of fused-ring (bicyclic) bond motifs is 2. The third-order valence-electron chi connectivity index (χ3n) is 7.08. The Morgan fingerprint density at radius 2 is 1.94 bits per heavy atom. The van der Waals surface area contributed by atoms with Crippen LogP contribution in [-0.2, 0) is 13.1 Å². The van der Waals surface area contributed by atoms with E-state index >= 15 is 0 Å². The Morgan fingerprint density at radius 1 is 1.21 bits per heavy atom. The number of aromatic nitrogens is 1. The molecule has 1 aliphatic heterocycles. The third-order valence-corrected chi connectivity index (χ3v) is 7.08. The zero-order chi connectivity index (χ0) is 24.0. The van der Waals surface area contributed by atoms with Gasteiger partial charge in [0.2, 0.25) is 5.43 Å².